The zero-order valence-electron chi connectivity index (χ0n) is 7.45. The minimum absolute atomic E-state index is 0.0894. The first-order chi connectivity index (χ1) is 7.25. The van der Waals surface area contributed by atoms with Gasteiger partial charge >= 0.3 is 5.97 Å². The van der Waals surface area contributed by atoms with Gasteiger partial charge in [-0.1, -0.05) is 0 Å². The van der Waals surface area contributed by atoms with Gasteiger partial charge in [-0.3, -0.25) is 0 Å². The third-order valence-corrected chi connectivity index (χ3v) is 2.34. The van der Waals surface area contributed by atoms with Crippen molar-refractivity contribution in [2.75, 3.05) is 0 Å². The van der Waals surface area contributed by atoms with E-state index in [0.717, 1.165) is 0 Å². The van der Waals surface area contributed by atoms with Gasteiger partial charge in [0.1, 0.15) is 0 Å². The first-order valence-corrected chi connectivity index (χ1v) is 4.85. The molecule has 0 aliphatic heterocycles. The zero-order valence-corrected chi connectivity index (χ0v) is 8.27. The van der Waals surface area contributed by atoms with Gasteiger partial charge in [-0.2, -0.15) is 0 Å². The molecule has 0 fully saturated rings. The standard InChI is InChI=1S/C9H6N2O3S/c12-8(13)6-2-3-7(14-6)15-9-10-4-1-5-11-9/h1-5H,(H,12,13). The van der Waals surface area contributed by atoms with Crippen LogP contribution in [0.4, 0.5) is 0 Å². The molecule has 0 saturated carbocycles. The van der Waals surface area contributed by atoms with E-state index in [-0.39, 0.29) is 5.76 Å². The summed E-state index contributed by atoms with van der Waals surface area (Å²) < 4.78 is 5.03. The van der Waals surface area contributed by atoms with Crippen LogP contribution in [-0.4, -0.2) is 21.0 Å². The van der Waals surface area contributed by atoms with Crippen LogP contribution in [0.2, 0.25) is 0 Å². The van der Waals surface area contributed by atoms with E-state index < -0.39 is 5.97 Å². The molecule has 0 atom stereocenters. The van der Waals surface area contributed by atoms with Gasteiger partial charge in [0.05, 0.1) is 0 Å². The van der Waals surface area contributed by atoms with Crippen molar-refractivity contribution < 1.29 is 14.3 Å². The predicted octanol–water partition coefficient (Wildman–Crippen LogP) is 1.92. The molecule has 5 nitrogen and oxygen atoms in total. The topological polar surface area (TPSA) is 76.2 Å². The number of hydrogen-bond donors (Lipinski definition) is 1. The van der Waals surface area contributed by atoms with E-state index in [1.165, 1.54) is 17.8 Å². The molecule has 0 aliphatic carbocycles. The smallest absolute Gasteiger partial charge is 0.371 e. The fourth-order valence-electron chi connectivity index (χ4n) is 0.918. The molecule has 6 heteroatoms. The largest absolute Gasteiger partial charge is 0.475 e. The van der Waals surface area contributed by atoms with Crippen LogP contribution in [0.25, 0.3) is 0 Å². The predicted molar refractivity (Wildman–Crippen MR) is 51.8 cm³/mol. The summed E-state index contributed by atoms with van der Waals surface area (Å²) in [5.41, 5.74) is 0. The summed E-state index contributed by atoms with van der Waals surface area (Å²) in [7, 11) is 0. The number of carboxylic acids is 1. The highest BCUT2D eigenvalue weighted by Crippen LogP contribution is 2.25. The molecule has 15 heavy (non-hydrogen) atoms. The number of aromatic carboxylic acids is 1. The summed E-state index contributed by atoms with van der Waals surface area (Å²) in [6, 6.07) is 4.67. The van der Waals surface area contributed by atoms with Crippen LogP contribution < -0.4 is 0 Å². The van der Waals surface area contributed by atoms with Gasteiger partial charge < -0.3 is 9.52 Å². The minimum Gasteiger partial charge on any atom is -0.475 e. The Hall–Kier alpha value is -1.82. The van der Waals surface area contributed by atoms with E-state index in [1.807, 2.05) is 0 Å². The van der Waals surface area contributed by atoms with Crippen LogP contribution in [0.3, 0.4) is 0 Å². The Morgan fingerprint density at radius 3 is 2.67 bits per heavy atom. The van der Waals surface area contributed by atoms with Crippen LogP contribution in [0.15, 0.2) is 45.3 Å². The van der Waals surface area contributed by atoms with Gasteiger partial charge in [-0.25, -0.2) is 14.8 Å². The zero-order chi connectivity index (χ0) is 10.7. The van der Waals surface area contributed by atoms with Crippen molar-refractivity contribution in [3.8, 4) is 0 Å². The molecule has 0 radical (unpaired) electrons. The van der Waals surface area contributed by atoms with Crippen molar-refractivity contribution in [1.82, 2.24) is 9.97 Å². The number of carbonyl (C=O) groups is 1. The maximum atomic E-state index is 10.5. The lowest BCUT2D eigenvalue weighted by atomic mass is 10.5. The van der Waals surface area contributed by atoms with Crippen LogP contribution in [0, 0.1) is 0 Å². The normalized spacial score (nSPS) is 10.1. The average Bonchev–Trinajstić information content (AvgIpc) is 2.68. The molecule has 2 rings (SSSR count). The van der Waals surface area contributed by atoms with Crippen LogP contribution in [0.1, 0.15) is 10.6 Å². The summed E-state index contributed by atoms with van der Waals surface area (Å²) in [5, 5.41) is 9.60. The summed E-state index contributed by atoms with van der Waals surface area (Å²) in [6.07, 6.45) is 3.22. The maximum absolute atomic E-state index is 10.5. The first-order valence-electron chi connectivity index (χ1n) is 4.04. The monoisotopic (exact) mass is 222 g/mol. The molecule has 2 aromatic rings. The third-order valence-electron chi connectivity index (χ3n) is 1.53. The van der Waals surface area contributed by atoms with Crippen molar-refractivity contribution in [3.05, 3.63) is 36.4 Å². The minimum atomic E-state index is -1.09. The van der Waals surface area contributed by atoms with Gasteiger partial charge in [0.25, 0.3) is 0 Å². The average molecular weight is 222 g/mol. The number of aromatic nitrogens is 2. The van der Waals surface area contributed by atoms with E-state index in [2.05, 4.69) is 9.97 Å². The van der Waals surface area contributed by atoms with Crippen molar-refractivity contribution in [2.45, 2.75) is 10.2 Å². The SMILES string of the molecule is O=C(O)c1ccc(Sc2ncccn2)o1. The molecule has 0 spiro atoms. The van der Waals surface area contributed by atoms with E-state index >= 15 is 0 Å². The summed E-state index contributed by atoms with van der Waals surface area (Å²) >= 11 is 1.17. The molecule has 2 heterocycles. The van der Waals surface area contributed by atoms with Crippen molar-refractivity contribution in [2.24, 2.45) is 0 Å². The fourth-order valence-corrected chi connectivity index (χ4v) is 1.59. The number of rotatable bonds is 3. The molecule has 0 saturated heterocycles. The highest BCUT2D eigenvalue weighted by Gasteiger charge is 2.10. The number of carboxylic acid groups (broad SMARTS) is 1. The molecule has 1 N–H and O–H groups in total. The molecule has 0 unspecified atom stereocenters. The second kappa shape index (κ2) is 4.14. The third kappa shape index (κ3) is 2.35. The lowest BCUT2D eigenvalue weighted by Gasteiger charge is -1.93. The van der Waals surface area contributed by atoms with Gasteiger partial charge in [-0.05, 0) is 30.0 Å². The molecular formula is C9H6N2O3S. The van der Waals surface area contributed by atoms with Crippen LogP contribution in [0.5, 0.6) is 0 Å². The Labute approximate surface area is 89.2 Å². The van der Waals surface area contributed by atoms with Gasteiger partial charge in [0, 0.05) is 12.4 Å². The highest BCUT2D eigenvalue weighted by atomic mass is 32.2. The van der Waals surface area contributed by atoms with Crippen LogP contribution >= 0.6 is 11.8 Å². The first kappa shape index (κ1) is 9.72. The fraction of sp³-hybridized carbons (Fsp3) is 0. The van der Waals surface area contributed by atoms with E-state index in [0.29, 0.717) is 10.2 Å². The highest BCUT2D eigenvalue weighted by molar-refractivity contribution is 7.99. The molecule has 0 aliphatic rings. The Morgan fingerprint density at radius 2 is 2.07 bits per heavy atom. The van der Waals surface area contributed by atoms with E-state index in [4.69, 9.17) is 9.52 Å². The Bertz CT molecular complexity index is 469. The molecule has 2 aromatic heterocycles. The molecule has 0 amide bonds. The second-order valence-corrected chi connectivity index (χ2v) is 3.53. The van der Waals surface area contributed by atoms with E-state index in [1.54, 1.807) is 24.5 Å². The maximum Gasteiger partial charge on any atom is 0.371 e. The van der Waals surface area contributed by atoms with Gasteiger partial charge in [0.2, 0.25) is 5.76 Å². The molecule has 0 bridgehead atoms. The summed E-state index contributed by atoms with van der Waals surface area (Å²) in [5.74, 6) is -1.18. The van der Waals surface area contributed by atoms with Crippen molar-refractivity contribution >= 4 is 17.7 Å². The summed E-state index contributed by atoms with van der Waals surface area (Å²) in [4.78, 5) is 18.5. The van der Waals surface area contributed by atoms with Crippen molar-refractivity contribution in [3.63, 3.8) is 0 Å². The quantitative estimate of drug-likeness (QED) is 0.799. The van der Waals surface area contributed by atoms with Crippen LogP contribution in [-0.2, 0) is 0 Å². The molecule has 0 aromatic carbocycles. The number of nitrogens with zero attached hydrogens (tertiary/aromatic N) is 2. The van der Waals surface area contributed by atoms with Crippen molar-refractivity contribution in [1.29, 1.82) is 0 Å². The second-order valence-electron chi connectivity index (χ2n) is 2.56. The lowest BCUT2D eigenvalue weighted by Crippen LogP contribution is -1.91. The van der Waals surface area contributed by atoms with Gasteiger partial charge in [0.15, 0.2) is 10.2 Å². The Kier molecular flexibility index (Phi) is 2.68. The number of furan rings is 1. The number of hydrogen-bond acceptors (Lipinski definition) is 5. The van der Waals surface area contributed by atoms with E-state index in [9.17, 15) is 4.79 Å². The molecular weight excluding hydrogens is 216 g/mol. The Morgan fingerprint density at radius 1 is 1.33 bits per heavy atom. The lowest BCUT2D eigenvalue weighted by molar-refractivity contribution is 0.0656. The molecule has 76 valence electrons. The Balaban J connectivity index is 2.15. The summed E-state index contributed by atoms with van der Waals surface area (Å²) in [6.45, 7) is 0. The van der Waals surface area contributed by atoms with Gasteiger partial charge in [-0.15, -0.1) is 0 Å².